The third-order valence-electron chi connectivity index (χ3n) is 10.8. The van der Waals surface area contributed by atoms with E-state index in [1.54, 1.807) is 0 Å². The number of ether oxygens (including phenoxy) is 8. The molecule has 0 spiro atoms. The van der Waals surface area contributed by atoms with Crippen LogP contribution in [0, 0.1) is 0 Å². The van der Waals surface area contributed by atoms with Crippen LogP contribution in [0.5, 0.6) is 40.2 Å². The normalized spacial score (nSPS) is 33.9. The van der Waals surface area contributed by atoms with Gasteiger partial charge in [-0.15, -0.1) is 0 Å². The summed E-state index contributed by atoms with van der Waals surface area (Å²) in [4.78, 5) is 12.4. The van der Waals surface area contributed by atoms with Crippen molar-refractivity contribution in [1.82, 2.24) is 0 Å². The summed E-state index contributed by atoms with van der Waals surface area (Å²) >= 11 is 0. The van der Waals surface area contributed by atoms with Gasteiger partial charge in [0.05, 0.1) is 24.8 Å². The summed E-state index contributed by atoms with van der Waals surface area (Å²) < 4.78 is 44.4. The lowest BCUT2D eigenvalue weighted by Crippen LogP contribution is -2.62. The Balaban J connectivity index is 1.10. The second-order valence-electron chi connectivity index (χ2n) is 15.3. The Morgan fingerprint density at radius 1 is 0.609 bits per heavy atom. The molecule has 3 aromatic rings. The van der Waals surface area contributed by atoms with Crippen LogP contribution in [0.25, 0.3) is 12.2 Å². The molecule has 0 saturated carbocycles. The van der Waals surface area contributed by atoms with Crippen LogP contribution in [0.1, 0.15) is 22.8 Å². The number of aliphatic hydroxyl groups excluding tert-OH is 8. The molecular formula is C41H47O23+. The van der Waals surface area contributed by atoms with Crippen molar-refractivity contribution >= 4 is 18.1 Å². The van der Waals surface area contributed by atoms with Gasteiger partial charge in [0.25, 0.3) is 11.9 Å². The molecule has 0 radical (unpaired) electrons. The van der Waals surface area contributed by atoms with Gasteiger partial charge in [-0.1, -0.05) is 6.07 Å². The summed E-state index contributed by atoms with van der Waals surface area (Å²) in [5, 5.41) is 146. The van der Waals surface area contributed by atoms with Gasteiger partial charge in [-0.05, 0) is 42.0 Å². The van der Waals surface area contributed by atoms with Crippen molar-refractivity contribution in [3.05, 3.63) is 77.1 Å². The summed E-state index contributed by atoms with van der Waals surface area (Å²) in [5.41, 5.74) is 0.572. The van der Waals surface area contributed by atoms with Gasteiger partial charge in [0.1, 0.15) is 90.8 Å². The number of aromatic hydroxyl groups is 7. The first-order valence-electron chi connectivity index (χ1n) is 19.6. The summed E-state index contributed by atoms with van der Waals surface area (Å²) in [6, 6.07) is 9.73. The fourth-order valence-electron chi connectivity index (χ4n) is 7.26. The SMILES string of the molecule is O=C(C=Cc1ccc(O)c(O)c1)OCC1OC(OCC2OC(OC3=Cc4c(O)cc(O)cc4[OH+]C3c3ccc(O)c(O)c3)C(OCC3OC(O)C(O)C3O)C(O)C2O)C(O)C(O)C1O. The highest BCUT2D eigenvalue weighted by Crippen LogP contribution is 2.46. The number of benzene rings is 3. The molecule has 3 saturated heterocycles. The lowest BCUT2D eigenvalue weighted by Gasteiger charge is -2.44. The maximum Gasteiger partial charge on any atom is 0.330 e. The van der Waals surface area contributed by atoms with E-state index in [9.17, 15) is 76.3 Å². The summed E-state index contributed by atoms with van der Waals surface area (Å²) in [6.45, 7) is -2.04. The number of phenolic OH excluding ortho intramolecular Hbond substituents is 6. The number of fused-ring (bicyclic) bond motifs is 1. The predicted octanol–water partition coefficient (Wildman–Crippen LogP) is -2.37. The summed E-state index contributed by atoms with van der Waals surface area (Å²) in [6.07, 6.45) is -22.0. The highest BCUT2D eigenvalue weighted by atomic mass is 16.7. The largest absolute Gasteiger partial charge is 0.571 e. The van der Waals surface area contributed by atoms with Crippen molar-refractivity contribution < 1.29 is 114 Å². The number of carbonyl (C=O) groups is 1. The first-order valence-corrected chi connectivity index (χ1v) is 19.6. The third-order valence-corrected chi connectivity index (χ3v) is 10.8. The Hall–Kier alpha value is -5.51. The highest BCUT2D eigenvalue weighted by Gasteiger charge is 2.51. The topological polar surface area (TPSA) is 378 Å². The smallest absolute Gasteiger partial charge is 0.330 e. The third kappa shape index (κ3) is 9.91. The molecular weight excluding hydrogens is 860 g/mol. The van der Waals surface area contributed by atoms with Crippen molar-refractivity contribution in [1.29, 1.82) is 0 Å². The monoisotopic (exact) mass is 907 g/mol. The number of phenols is 6. The molecule has 23 heteroatoms. The van der Waals surface area contributed by atoms with Gasteiger partial charge >= 0.3 is 5.97 Å². The number of hydrogen-bond donors (Lipinski definition) is 14. The Labute approximate surface area is 361 Å². The Kier molecular flexibility index (Phi) is 14.0. The number of hydrogen-bond acceptors (Lipinski definition) is 22. The van der Waals surface area contributed by atoms with Crippen molar-refractivity contribution in [2.75, 3.05) is 19.8 Å². The fourth-order valence-corrected chi connectivity index (χ4v) is 7.26. The van der Waals surface area contributed by atoms with Crippen molar-refractivity contribution in [3.63, 3.8) is 0 Å². The lowest BCUT2D eigenvalue weighted by atomic mass is 9.97. The van der Waals surface area contributed by atoms with Crippen LogP contribution in [0.15, 0.2) is 60.4 Å². The first kappa shape index (κ1) is 46.5. The second kappa shape index (κ2) is 19.3. The molecule has 3 aromatic carbocycles. The average Bonchev–Trinajstić information content (AvgIpc) is 3.50. The van der Waals surface area contributed by atoms with Gasteiger partial charge in [0.2, 0.25) is 6.29 Å². The van der Waals surface area contributed by atoms with Crippen LogP contribution in [0.3, 0.4) is 0 Å². The number of esters is 1. The maximum absolute atomic E-state index is 12.4. The van der Waals surface area contributed by atoms with Gasteiger partial charge in [0, 0.05) is 18.2 Å². The van der Waals surface area contributed by atoms with E-state index in [1.165, 1.54) is 42.5 Å². The van der Waals surface area contributed by atoms with Crippen LogP contribution in [-0.2, 0) is 38.0 Å². The quantitative estimate of drug-likeness (QED) is 0.0369. The standard InChI is InChI=1S/C41H46O23/c42-17-9-21(45)18-11-25(37(60-24(18)10-17)16-3-5-20(44)23(47)8-16)62-41-38(58-13-26-32(51)35(54)39(56)61-26)34(53)31(50)28(64-41)14-59-40-36(55)33(52)30(49)27(63-40)12-57-29(48)6-2-15-1-4-19(43)22(46)7-15/h1-11,26-28,30-47,49-56H,12-14H2/p+1. The lowest BCUT2D eigenvalue weighted by molar-refractivity contribution is -0.333. The van der Waals surface area contributed by atoms with E-state index in [0.29, 0.717) is 5.56 Å². The molecule has 23 nitrogen and oxygen atoms in total. The zero-order valence-corrected chi connectivity index (χ0v) is 33.1. The molecule has 348 valence electrons. The maximum atomic E-state index is 12.4. The zero-order valence-electron chi connectivity index (χ0n) is 33.1. The zero-order chi connectivity index (χ0) is 46.1. The van der Waals surface area contributed by atoms with Crippen LogP contribution in [0.2, 0.25) is 0 Å². The number of aliphatic hydroxyl groups is 9. The average molecular weight is 908 g/mol. The minimum atomic E-state index is -1.94. The van der Waals surface area contributed by atoms with Gasteiger partial charge in [-0.2, -0.15) is 0 Å². The van der Waals surface area contributed by atoms with E-state index in [1.807, 2.05) is 0 Å². The molecule has 3 fully saturated rings. The molecule has 0 bridgehead atoms. The van der Waals surface area contributed by atoms with E-state index < -0.39 is 141 Å². The molecule has 4 aliphatic rings. The molecule has 0 aromatic heterocycles. The molecule has 15 N–H and O–H groups in total. The van der Waals surface area contributed by atoms with E-state index in [-0.39, 0.29) is 34.1 Å². The Morgan fingerprint density at radius 3 is 1.92 bits per heavy atom. The van der Waals surface area contributed by atoms with Crippen molar-refractivity contribution in [2.45, 2.75) is 92.1 Å². The molecule has 15 atom stereocenters. The van der Waals surface area contributed by atoms with Crippen LogP contribution < -0.4 is 0 Å². The van der Waals surface area contributed by atoms with E-state index >= 15 is 0 Å². The highest BCUT2D eigenvalue weighted by molar-refractivity contribution is 5.87. The predicted molar refractivity (Wildman–Crippen MR) is 209 cm³/mol. The van der Waals surface area contributed by atoms with Crippen LogP contribution in [-0.4, -0.2) is 188 Å². The van der Waals surface area contributed by atoms with Gasteiger partial charge in [-0.25, -0.2) is 4.79 Å². The minimum absolute atomic E-state index is 0.0457. The van der Waals surface area contributed by atoms with Gasteiger partial charge < -0.3 is 109 Å². The van der Waals surface area contributed by atoms with Crippen LogP contribution in [0.4, 0.5) is 0 Å². The Bertz CT molecular complexity index is 2200. The summed E-state index contributed by atoms with van der Waals surface area (Å²) in [5.74, 6) is -3.63. The van der Waals surface area contributed by atoms with Gasteiger partial charge in [0.15, 0.2) is 41.3 Å². The second-order valence-corrected chi connectivity index (χ2v) is 15.3. The summed E-state index contributed by atoms with van der Waals surface area (Å²) in [7, 11) is 0. The molecule has 15 unspecified atom stereocenters. The van der Waals surface area contributed by atoms with Gasteiger partial charge in [-0.3, -0.25) is 0 Å². The molecule has 64 heavy (non-hydrogen) atoms. The van der Waals surface area contributed by atoms with Crippen LogP contribution >= 0.6 is 0 Å². The van der Waals surface area contributed by atoms with E-state index in [4.69, 9.17) is 33.2 Å². The molecule has 0 aliphatic carbocycles. The van der Waals surface area contributed by atoms with E-state index in [0.717, 1.165) is 24.3 Å². The molecule has 4 aliphatic heterocycles. The first-order chi connectivity index (χ1) is 30.4. The molecule has 7 rings (SSSR count). The molecule has 0 amide bonds. The number of rotatable bonds is 13. The number of carbonyl (C=O) groups excluding carboxylic acids is 1. The Morgan fingerprint density at radius 2 is 1.23 bits per heavy atom. The minimum Gasteiger partial charge on any atom is -0.571 e. The van der Waals surface area contributed by atoms with E-state index in [2.05, 4.69) is 4.74 Å². The molecule has 4 heterocycles. The van der Waals surface area contributed by atoms with Crippen molar-refractivity contribution in [3.8, 4) is 40.2 Å². The van der Waals surface area contributed by atoms with Crippen molar-refractivity contribution in [2.24, 2.45) is 0 Å². The fraction of sp³-hybridized carbons (Fsp3) is 0.439.